The van der Waals surface area contributed by atoms with Crippen molar-refractivity contribution in [3.05, 3.63) is 110 Å². The van der Waals surface area contributed by atoms with Crippen LogP contribution in [0.15, 0.2) is 71.5 Å². The topological polar surface area (TPSA) is 106 Å². The number of ether oxygens (including phenoxy) is 1. The molecule has 0 unspecified atom stereocenters. The highest BCUT2D eigenvalue weighted by Gasteiger charge is 2.32. The summed E-state index contributed by atoms with van der Waals surface area (Å²) in [5.74, 6) is 0.651. The van der Waals surface area contributed by atoms with Gasteiger partial charge in [-0.05, 0) is 80.4 Å². The van der Waals surface area contributed by atoms with Gasteiger partial charge >= 0.3 is 0 Å². The number of methoxy groups -OCH3 is 1. The molecule has 1 aliphatic heterocycles. The second-order valence-electron chi connectivity index (χ2n) is 10.5. The summed E-state index contributed by atoms with van der Waals surface area (Å²) in [6.45, 7) is 5.46. The molecular formula is C32H31Cl2N5O4. The molecule has 0 radical (unpaired) electrons. The molecule has 0 saturated heterocycles. The van der Waals surface area contributed by atoms with Crippen molar-refractivity contribution in [1.29, 1.82) is 0 Å². The predicted molar refractivity (Wildman–Crippen MR) is 169 cm³/mol. The Labute approximate surface area is 259 Å². The van der Waals surface area contributed by atoms with Crippen LogP contribution in [-0.2, 0) is 17.8 Å². The SMILES string of the molecule is COc1ccc([C@H](C)Nc2nc3c(c(=O)n2-c2ccc(NC(C)=O)cc2)C[C@@H](C)N(C(=O)c2ccc(Cl)c(Cl)c2)C3)cc1. The van der Waals surface area contributed by atoms with Gasteiger partial charge < -0.3 is 20.3 Å². The molecule has 0 aliphatic carbocycles. The summed E-state index contributed by atoms with van der Waals surface area (Å²) in [4.78, 5) is 45.8. The first kappa shape index (κ1) is 30.1. The van der Waals surface area contributed by atoms with Gasteiger partial charge in [0.05, 0.1) is 41.1 Å². The fraction of sp³-hybridized carbons (Fsp3) is 0.250. The Bertz CT molecular complexity index is 1740. The van der Waals surface area contributed by atoms with Gasteiger partial charge in [0.1, 0.15) is 5.75 Å². The van der Waals surface area contributed by atoms with Crippen molar-refractivity contribution in [3.8, 4) is 11.4 Å². The second-order valence-corrected chi connectivity index (χ2v) is 11.3. The first-order valence-corrected chi connectivity index (χ1v) is 14.5. The fourth-order valence-corrected chi connectivity index (χ4v) is 5.43. The van der Waals surface area contributed by atoms with Crippen LogP contribution in [0.3, 0.4) is 0 Å². The molecule has 2 heterocycles. The molecule has 2 atom stereocenters. The van der Waals surface area contributed by atoms with Gasteiger partial charge in [0.2, 0.25) is 11.9 Å². The number of nitrogens with zero attached hydrogens (tertiary/aromatic N) is 3. The van der Waals surface area contributed by atoms with Crippen LogP contribution in [0.25, 0.3) is 5.69 Å². The van der Waals surface area contributed by atoms with E-state index in [4.69, 9.17) is 32.9 Å². The number of amides is 2. The van der Waals surface area contributed by atoms with Crippen molar-refractivity contribution in [3.63, 3.8) is 0 Å². The van der Waals surface area contributed by atoms with Gasteiger partial charge in [-0.25, -0.2) is 9.55 Å². The van der Waals surface area contributed by atoms with Gasteiger partial charge in [0, 0.05) is 29.8 Å². The summed E-state index contributed by atoms with van der Waals surface area (Å²) in [7, 11) is 1.61. The molecule has 3 aromatic carbocycles. The molecule has 43 heavy (non-hydrogen) atoms. The van der Waals surface area contributed by atoms with E-state index in [2.05, 4.69) is 10.6 Å². The molecule has 2 N–H and O–H groups in total. The van der Waals surface area contributed by atoms with Gasteiger partial charge in [0.15, 0.2) is 0 Å². The van der Waals surface area contributed by atoms with Crippen LogP contribution in [0.1, 0.15) is 54.0 Å². The molecule has 11 heteroatoms. The van der Waals surface area contributed by atoms with E-state index in [9.17, 15) is 14.4 Å². The lowest BCUT2D eigenvalue weighted by atomic mass is 9.98. The number of nitrogens with one attached hydrogen (secondary N) is 2. The molecule has 2 amide bonds. The first-order valence-electron chi connectivity index (χ1n) is 13.7. The van der Waals surface area contributed by atoms with Crippen LogP contribution >= 0.6 is 23.2 Å². The smallest absolute Gasteiger partial charge is 0.263 e. The maximum absolute atomic E-state index is 14.1. The third kappa shape index (κ3) is 6.38. The summed E-state index contributed by atoms with van der Waals surface area (Å²) in [6.07, 6.45) is 0.326. The molecule has 0 fully saturated rings. The zero-order valence-corrected chi connectivity index (χ0v) is 25.7. The van der Waals surface area contributed by atoms with E-state index in [-0.39, 0.29) is 36.0 Å². The summed E-state index contributed by atoms with van der Waals surface area (Å²) in [5, 5.41) is 6.81. The first-order chi connectivity index (χ1) is 20.5. The monoisotopic (exact) mass is 619 g/mol. The number of rotatable bonds is 7. The molecule has 0 bridgehead atoms. The van der Waals surface area contributed by atoms with Gasteiger partial charge in [0.25, 0.3) is 11.5 Å². The molecule has 4 aromatic rings. The minimum atomic E-state index is -0.267. The number of hydrogen-bond donors (Lipinski definition) is 2. The maximum atomic E-state index is 14.1. The Morgan fingerprint density at radius 3 is 2.35 bits per heavy atom. The number of halogens is 2. The van der Waals surface area contributed by atoms with Crippen molar-refractivity contribution in [2.45, 2.75) is 45.8 Å². The average Bonchev–Trinajstić information content (AvgIpc) is 2.99. The minimum absolute atomic E-state index is 0.152. The second kappa shape index (κ2) is 12.5. The van der Waals surface area contributed by atoms with Crippen LogP contribution in [0.2, 0.25) is 10.0 Å². The Balaban J connectivity index is 1.55. The zero-order valence-electron chi connectivity index (χ0n) is 24.2. The Morgan fingerprint density at radius 2 is 1.72 bits per heavy atom. The number of carbonyl (C=O) groups excluding carboxylic acids is 2. The van der Waals surface area contributed by atoms with Crippen LogP contribution < -0.4 is 20.9 Å². The van der Waals surface area contributed by atoms with E-state index in [1.54, 1.807) is 59.0 Å². The maximum Gasteiger partial charge on any atom is 0.263 e. The standard InChI is InChI=1S/C32H31Cl2N5O4/c1-18-15-26-29(17-38(18)30(41)22-7-14-27(33)28(34)16-22)37-32(35-19(2)21-5-12-25(43-4)13-6-21)39(31(26)42)24-10-8-23(9-11-24)36-20(3)40/h5-14,16,18-19H,15,17H2,1-4H3,(H,35,37)(H,36,40)/t18-,19+/m1/s1. The highest BCUT2D eigenvalue weighted by Crippen LogP contribution is 2.29. The Morgan fingerprint density at radius 1 is 1.02 bits per heavy atom. The average molecular weight is 621 g/mol. The highest BCUT2D eigenvalue weighted by molar-refractivity contribution is 6.42. The predicted octanol–water partition coefficient (Wildman–Crippen LogP) is 6.27. The molecule has 222 valence electrons. The third-order valence-electron chi connectivity index (χ3n) is 7.45. The molecule has 0 spiro atoms. The quantitative estimate of drug-likeness (QED) is 0.253. The minimum Gasteiger partial charge on any atom is -0.497 e. The highest BCUT2D eigenvalue weighted by atomic mass is 35.5. The van der Waals surface area contributed by atoms with Gasteiger partial charge in [-0.1, -0.05) is 35.3 Å². The van der Waals surface area contributed by atoms with E-state index >= 15 is 0 Å². The fourth-order valence-electron chi connectivity index (χ4n) is 5.13. The summed E-state index contributed by atoms with van der Waals surface area (Å²) < 4.78 is 6.83. The largest absolute Gasteiger partial charge is 0.497 e. The van der Waals surface area contributed by atoms with E-state index in [0.717, 1.165) is 11.3 Å². The normalized spacial score (nSPS) is 14.9. The molecule has 5 rings (SSSR count). The number of carbonyl (C=O) groups is 2. The molecule has 1 aliphatic rings. The Kier molecular flexibility index (Phi) is 8.75. The number of benzene rings is 3. The van der Waals surface area contributed by atoms with Crippen molar-refractivity contribution in [1.82, 2.24) is 14.5 Å². The van der Waals surface area contributed by atoms with Crippen LogP contribution in [-0.4, -0.2) is 39.4 Å². The lowest BCUT2D eigenvalue weighted by Gasteiger charge is -2.35. The lowest BCUT2D eigenvalue weighted by Crippen LogP contribution is -2.46. The zero-order chi connectivity index (χ0) is 30.8. The third-order valence-corrected chi connectivity index (χ3v) is 8.19. The van der Waals surface area contributed by atoms with E-state index in [0.29, 0.717) is 50.6 Å². The number of hydrogen-bond acceptors (Lipinski definition) is 6. The van der Waals surface area contributed by atoms with E-state index in [1.807, 2.05) is 38.1 Å². The van der Waals surface area contributed by atoms with E-state index < -0.39 is 0 Å². The lowest BCUT2D eigenvalue weighted by molar-refractivity contribution is -0.114. The van der Waals surface area contributed by atoms with Gasteiger partial charge in [-0.15, -0.1) is 0 Å². The molecular weight excluding hydrogens is 589 g/mol. The number of aromatic nitrogens is 2. The van der Waals surface area contributed by atoms with Crippen molar-refractivity contribution in [2.24, 2.45) is 0 Å². The summed E-state index contributed by atoms with van der Waals surface area (Å²) >= 11 is 12.2. The van der Waals surface area contributed by atoms with Crippen molar-refractivity contribution in [2.75, 3.05) is 17.7 Å². The molecule has 9 nitrogen and oxygen atoms in total. The summed E-state index contributed by atoms with van der Waals surface area (Å²) in [6, 6.07) is 18.9. The number of fused-ring (bicyclic) bond motifs is 1. The van der Waals surface area contributed by atoms with Gasteiger partial charge in [-0.2, -0.15) is 0 Å². The molecule has 1 aromatic heterocycles. The van der Waals surface area contributed by atoms with Crippen LogP contribution in [0.5, 0.6) is 5.75 Å². The number of anilines is 2. The van der Waals surface area contributed by atoms with Gasteiger partial charge in [-0.3, -0.25) is 14.4 Å². The Hall–Kier alpha value is -4.34. The van der Waals surface area contributed by atoms with E-state index in [1.165, 1.54) is 6.92 Å². The summed E-state index contributed by atoms with van der Waals surface area (Å²) in [5.41, 5.74) is 3.40. The van der Waals surface area contributed by atoms with Crippen molar-refractivity contribution < 1.29 is 14.3 Å². The van der Waals surface area contributed by atoms with Crippen LogP contribution in [0.4, 0.5) is 11.6 Å². The molecule has 0 saturated carbocycles. The van der Waals surface area contributed by atoms with Crippen molar-refractivity contribution >= 4 is 46.7 Å². The van der Waals surface area contributed by atoms with Crippen LogP contribution in [0, 0.1) is 0 Å².